The van der Waals surface area contributed by atoms with Crippen LogP contribution >= 0.6 is 11.8 Å². The van der Waals surface area contributed by atoms with Crippen molar-refractivity contribution in [3.63, 3.8) is 0 Å². The molecular formula is C14H23NO3S. The van der Waals surface area contributed by atoms with E-state index in [4.69, 9.17) is 4.42 Å². The summed E-state index contributed by atoms with van der Waals surface area (Å²) >= 11 is 1.77. The molecule has 1 aromatic rings. The van der Waals surface area contributed by atoms with Crippen molar-refractivity contribution in [2.45, 2.75) is 50.9 Å². The highest BCUT2D eigenvalue weighted by molar-refractivity contribution is 7.98. The Morgan fingerprint density at radius 1 is 1.58 bits per heavy atom. The largest absolute Gasteiger partial charge is 0.480 e. The Balaban J connectivity index is 2.26. The van der Waals surface area contributed by atoms with Crippen molar-refractivity contribution in [1.29, 1.82) is 0 Å². The van der Waals surface area contributed by atoms with E-state index in [1.165, 1.54) is 0 Å². The molecule has 19 heavy (non-hydrogen) atoms. The molecule has 0 aliphatic rings. The number of rotatable bonds is 9. The molecule has 0 saturated heterocycles. The zero-order chi connectivity index (χ0) is 14.3. The first-order valence-electron chi connectivity index (χ1n) is 6.55. The Labute approximate surface area is 119 Å². The highest BCUT2D eigenvalue weighted by Crippen LogP contribution is 2.19. The topological polar surface area (TPSA) is 62.5 Å². The van der Waals surface area contributed by atoms with E-state index >= 15 is 0 Å². The van der Waals surface area contributed by atoms with Crippen molar-refractivity contribution in [1.82, 2.24) is 5.32 Å². The SMILES string of the molecule is CC(C)NC(C)(CCCSCc1ccco1)C(=O)O. The Morgan fingerprint density at radius 2 is 2.32 bits per heavy atom. The number of aliphatic carboxylic acids is 1. The second-order valence-corrected chi connectivity index (χ2v) is 6.28. The van der Waals surface area contributed by atoms with E-state index in [1.807, 2.05) is 26.0 Å². The van der Waals surface area contributed by atoms with Crippen molar-refractivity contribution < 1.29 is 14.3 Å². The van der Waals surface area contributed by atoms with Gasteiger partial charge in [0.2, 0.25) is 0 Å². The fourth-order valence-electron chi connectivity index (χ4n) is 1.97. The molecule has 1 aromatic heterocycles. The van der Waals surface area contributed by atoms with Gasteiger partial charge in [0, 0.05) is 6.04 Å². The summed E-state index contributed by atoms with van der Waals surface area (Å²) in [4.78, 5) is 11.3. The van der Waals surface area contributed by atoms with Crippen molar-refractivity contribution in [3.05, 3.63) is 24.2 Å². The predicted molar refractivity (Wildman–Crippen MR) is 78.4 cm³/mol. The van der Waals surface area contributed by atoms with Crippen LogP contribution in [0.5, 0.6) is 0 Å². The number of furan rings is 1. The molecule has 0 aliphatic heterocycles. The van der Waals surface area contributed by atoms with Crippen molar-refractivity contribution in [2.75, 3.05) is 5.75 Å². The minimum Gasteiger partial charge on any atom is -0.480 e. The normalized spacial score (nSPS) is 14.5. The Hall–Kier alpha value is -0.940. The standard InChI is InChI=1S/C14H23NO3S/c1-11(2)15-14(3,13(16)17)7-5-9-19-10-12-6-4-8-18-12/h4,6,8,11,15H,5,7,9-10H2,1-3H3,(H,16,17). The summed E-state index contributed by atoms with van der Waals surface area (Å²) in [5, 5.41) is 12.4. The second-order valence-electron chi connectivity index (χ2n) is 5.17. The molecule has 1 rings (SSSR count). The average molecular weight is 285 g/mol. The molecule has 108 valence electrons. The minimum atomic E-state index is -0.834. The van der Waals surface area contributed by atoms with E-state index in [-0.39, 0.29) is 6.04 Å². The lowest BCUT2D eigenvalue weighted by atomic mass is 9.95. The van der Waals surface area contributed by atoms with Gasteiger partial charge in [-0.25, -0.2) is 0 Å². The van der Waals surface area contributed by atoms with E-state index in [1.54, 1.807) is 24.9 Å². The molecule has 0 spiro atoms. The average Bonchev–Trinajstić information content (AvgIpc) is 2.80. The van der Waals surface area contributed by atoms with Crippen LogP contribution in [0.25, 0.3) is 0 Å². The number of thioether (sulfide) groups is 1. The molecule has 0 saturated carbocycles. The van der Waals surface area contributed by atoms with Gasteiger partial charge >= 0.3 is 5.97 Å². The Kier molecular flexibility index (Phi) is 6.45. The maximum absolute atomic E-state index is 11.3. The van der Waals surface area contributed by atoms with Crippen LogP contribution in [0.15, 0.2) is 22.8 Å². The molecule has 1 unspecified atom stereocenters. The third-order valence-electron chi connectivity index (χ3n) is 2.87. The third kappa shape index (κ3) is 5.70. The summed E-state index contributed by atoms with van der Waals surface area (Å²) in [5.74, 6) is 1.96. The number of carbonyl (C=O) groups is 1. The zero-order valence-corrected chi connectivity index (χ0v) is 12.6. The molecule has 1 atom stereocenters. The van der Waals surface area contributed by atoms with Gasteiger partial charge < -0.3 is 9.52 Å². The number of hydrogen-bond acceptors (Lipinski definition) is 4. The molecule has 0 bridgehead atoms. The van der Waals surface area contributed by atoms with E-state index < -0.39 is 11.5 Å². The van der Waals surface area contributed by atoms with Crippen molar-refractivity contribution in [3.8, 4) is 0 Å². The molecule has 0 aliphatic carbocycles. The van der Waals surface area contributed by atoms with Gasteiger partial charge in [0.15, 0.2) is 0 Å². The highest BCUT2D eigenvalue weighted by atomic mass is 32.2. The monoisotopic (exact) mass is 285 g/mol. The smallest absolute Gasteiger partial charge is 0.323 e. The number of nitrogens with one attached hydrogen (secondary N) is 1. The molecule has 5 heteroatoms. The summed E-state index contributed by atoms with van der Waals surface area (Å²) in [6, 6.07) is 4.00. The van der Waals surface area contributed by atoms with Crippen LogP contribution in [0, 0.1) is 0 Å². The quantitative estimate of drug-likeness (QED) is 0.683. The van der Waals surface area contributed by atoms with Gasteiger partial charge in [0.25, 0.3) is 0 Å². The molecule has 0 amide bonds. The van der Waals surface area contributed by atoms with E-state index in [0.29, 0.717) is 6.42 Å². The molecule has 4 nitrogen and oxygen atoms in total. The summed E-state index contributed by atoms with van der Waals surface area (Å²) in [6.45, 7) is 5.69. The Bertz CT molecular complexity index is 378. The van der Waals surface area contributed by atoms with Crippen LogP contribution in [-0.4, -0.2) is 28.4 Å². The zero-order valence-electron chi connectivity index (χ0n) is 11.8. The van der Waals surface area contributed by atoms with Gasteiger partial charge in [0.1, 0.15) is 11.3 Å². The predicted octanol–water partition coefficient (Wildman–Crippen LogP) is 3.13. The van der Waals surface area contributed by atoms with E-state index in [0.717, 1.165) is 23.7 Å². The molecule has 2 N–H and O–H groups in total. The number of carboxylic acids is 1. The molecular weight excluding hydrogens is 262 g/mol. The van der Waals surface area contributed by atoms with Gasteiger partial charge in [-0.15, -0.1) is 0 Å². The summed E-state index contributed by atoms with van der Waals surface area (Å²) in [5.41, 5.74) is -0.834. The first-order chi connectivity index (χ1) is 8.94. The van der Waals surface area contributed by atoms with Crippen molar-refractivity contribution in [2.24, 2.45) is 0 Å². The van der Waals surface area contributed by atoms with Crippen LogP contribution in [0.3, 0.4) is 0 Å². The van der Waals surface area contributed by atoms with Gasteiger partial charge in [-0.1, -0.05) is 0 Å². The molecule has 0 aromatic carbocycles. The first-order valence-corrected chi connectivity index (χ1v) is 7.71. The summed E-state index contributed by atoms with van der Waals surface area (Å²) in [7, 11) is 0. The molecule has 0 fully saturated rings. The highest BCUT2D eigenvalue weighted by Gasteiger charge is 2.32. The lowest BCUT2D eigenvalue weighted by Crippen LogP contribution is -2.52. The summed E-state index contributed by atoms with van der Waals surface area (Å²) < 4.78 is 5.24. The van der Waals surface area contributed by atoms with Gasteiger partial charge in [0.05, 0.1) is 12.0 Å². The van der Waals surface area contributed by atoms with Crippen LogP contribution in [0.1, 0.15) is 39.4 Å². The van der Waals surface area contributed by atoms with Gasteiger partial charge in [-0.05, 0) is 51.5 Å². The Morgan fingerprint density at radius 3 is 2.84 bits per heavy atom. The molecule has 1 heterocycles. The van der Waals surface area contributed by atoms with Crippen LogP contribution in [0.4, 0.5) is 0 Å². The van der Waals surface area contributed by atoms with Crippen molar-refractivity contribution >= 4 is 17.7 Å². The summed E-state index contributed by atoms with van der Waals surface area (Å²) in [6.07, 6.45) is 3.17. The van der Waals surface area contributed by atoms with E-state index in [2.05, 4.69) is 5.32 Å². The maximum atomic E-state index is 11.3. The van der Waals surface area contributed by atoms with Crippen LogP contribution in [-0.2, 0) is 10.5 Å². The van der Waals surface area contributed by atoms with Gasteiger partial charge in [-0.2, -0.15) is 11.8 Å². The number of carboxylic acid groups (broad SMARTS) is 1. The fourth-order valence-corrected chi connectivity index (χ4v) is 2.83. The van der Waals surface area contributed by atoms with Crippen LogP contribution < -0.4 is 5.32 Å². The maximum Gasteiger partial charge on any atom is 0.323 e. The lowest BCUT2D eigenvalue weighted by Gasteiger charge is -2.28. The fraction of sp³-hybridized carbons (Fsp3) is 0.643. The third-order valence-corrected chi connectivity index (χ3v) is 3.94. The van der Waals surface area contributed by atoms with Crippen LogP contribution in [0.2, 0.25) is 0 Å². The van der Waals surface area contributed by atoms with E-state index in [9.17, 15) is 9.90 Å². The molecule has 0 radical (unpaired) electrons. The second kappa shape index (κ2) is 7.60. The van der Waals surface area contributed by atoms with Gasteiger partial charge in [-0.3, -0.25) is 10.1 Å². The number of hydrogen-bond donors (Lipinski definition) is 2. The lowest BCUT2D eigenvalue weighted by molar-refractivity contribution is -0.144. The first kappa shape index (κ1) is 16.1. The minimum absolute atomic E-state index is 0.164.